The first kappa shape index (κ1) is 12.6. The first-order chi connectivity index (χ1) is 8.41. The zero-order valence-electron chi connectivity index (χ0n) is 10.2. The number of anilines is 1. The lowest BCUT2D eigenvalue weighted by atomic mass is 10.0. The van der Waals surface area contributed by atoms with Crippen molar-refractivity contribution in [3.63, 3.8) is 0 Å². The number of nitrogen functional groups attached to an aromatic ring is 1. The van der Waals surface area contributed by atoms with E-state index in [1.165, 1.54) is 12.3 Å². The van der Waals surface area contributed by atoms with Gasteiger partial charge in [-0.1, -0.05) is 26.0 Å². The van der Waals surface area contributed by atoms with Crippen molar-refractivity contribution in [3.8, 4) is 0 Å². The van der Waals surface area contributed by atoms with Crippen LogP contribution in [0.15, 0.2) is 41.4 Å². The molecule has 0 saturated carbocycles. The van der Waals surface area contributed by atoms with Crippen molar-refractivity contribution in [2.45, 2.75) is 24.7 Å². The van der Waals surface area contributed by atoms with Crippen molar-refractivity contribution in [1.29, 1.82) is 0 Å². The van der Waals surface area contributed by atoms with Crippen molar-refractivity contribution in [1.82, 2.24) is 9.19 Å². The van der Waals surface area contributed by atoms with Gasteiger partial charge in [0.1, 0.15) is 5.82 Å². The summed E-state index contributed by atoms with van der Waals surface area (Å²) in [5.74, 6) is 0.541. The summed E-state index contributed by atoms with van der Waals surface area (Å²) in [6.45, 7) is 4.11. The minimum Gasteiger partial charge on any atom is -0.382 e. The number of aromatic nitrogens is 2. The molecule has 2 rings (SSSR count). The molecule has 96 valence electrons. The Bertz CT molecular complexity index is 642. The van der Waals surface area contributed by atoms with Crippen LogP contribution in [-0.2, 0) is 10.0 Å². The molecule has 0 aliphatic carbocycles. The van der Waals surface area contributed by atoms with Gasteiger partial charge in [-0.25, -0.2) is 0 Å². The minimum atomic E-state index is -3.64. The van der Waals surface area contributed by atoms with Crippen molar-refractivity contribution >= 4 is 15.8 Å². The molecule has 5 nitrogen and oxygen atoms in total. The van der Waals surface area contributed by atoms with E-state index in [2.05, 4.69) is 18.9 Å². The van der Waals surface area contributed by atoms with Crippen LogP contribution >= 0.6 is 0 Å². The molecule has 18 heavy (non-hydrogen) atoms. The highest BCUT2D eigenvalue weighted by atomic mass is 32.2. The molecule has 1 heterocycles. The van der Waals surface area contributed by atoms with Crippen molar-refractivity contribution < 1.29 is 8.42 Å². The molecule has 2 N–H and O–H groups in total. The molecule has 1 aromatic carbocycles. The fraction of sp³-hybridized carbons (Fsp3) is 0.250. The number of nitrogens with two attached hydrogens (primary N) is 1. The van der Waals surface area contributed by atoms with Gasteiger partial charge in [0.15, 0.2) is 0 Å². The fourth-order valence-electron chi connectivity index (χ4n) is 1.59. The zero-order chi connectivity index (χ0) is 13.3. The molecule has 1 aromatic heterocycles. The molecule has 2 aromatic rings. The maximum absolute atomic E-state index is 12.2. The molecule has 0 spiro atoms. The normalized spacial score (nSPS) is 11.9. The van der Waals surface area contributed by atoms with E-state index in [4.69, 9.17) is 5.73 Å². The minimum absolute atomic E-state index is 0.178. The second-order valence-corrected chi connectivity index (χ2v) is 6.14. The Labute approximate surface area is 106 Å². The largest absolute Gasteiger partial charge is 0.382 e. The van der Waals surface area contributed by atoms with Crippen LogP contribution in [0.5, 0.6) is 0 Å². The van der Waals surface area contributed by atoms with Crippen molar-refractivity contribution in [2.75, 3.05) is 5.73 Å². The van der Waals surface area contributed by atoms with Gasteiger partial charge in [-0.3, -0.25) is 0 Å². The van der Waals surface area contributed by atoms with Crippen molar-refractivity contribution in [3.05, 3.63) is 42.1 Å². The fourth-order valence-corrected chi connectivity index (χ4v) is 2.71. The molecule has 0 bridgehead atoms. The van der Waals surface area contributed by atoms with E-state index in [0.717, 1.165) is 9.65 Å². The van der Waals surface area contributed by atoms with E-state index in [-0.39, 0.29) is 10.7 Å². The van der Waals surface area contributed by atoms with Crippen LogP contribution in [0.3, 0.4) is 0 Å². The summed E-state index contributed by atoms with van der Waals surface area (Å²) in [6, 6.07) is 8.24. The topological polar surface area (TPSA) is 78.0 Å². The van der Waals surface area contributed by atoms with Crippen LogP contribution in [0.1, 0.15) is 25.3 Å². The monoisotopic (exact) mass is 265 g/mol. The van der Waals surface area contributed by atoms with E-state index >= 15 is 0 Å². The first-order valence-corrected chi connectivity index (χ1v) is 7.02. The Morgan fingerprint density at radius 2 is 1.78 bits per heavy atom. The van der Waals surface area contributed by atoms with Crippen LogP contribution < -0.4 is 5.73 Å². The summed E-state index contributed by atoms with van der Waals surface area (Å²) in [4.78, 5) is 0.204. The highest BCUT2D eigenvalue weighted by molar-refractivity contribution is 7.89. The van der Waals surface area contributed by atoms with E-state index in [9.17, 15) is 8.42 Å². The quantitative estimate of drug-likeness (QED) is 0.918. The van der Waals surface area contributed by atoms with E-state index in [1.807, 2.05) is 12.1 Å². The molecular weight excluding hydrogens is 250 g/mol. The van der Waals surface area contributed by atoms with Gasteiger partial charge in [-0.15, -0.1) is 5.10 Å². The first-order valence-electron chi connectivity index (χ1n) is 5.58. The summed E-state index contributed by atoms with van der Waals surface area (Å²) in [5.41, 5.74) is 6.51. The maximum atomic E-state index is 12.2. The zero-order valence-corrected chi connectivity index (χ0v) is 11.1. The molecule has 0 atom stereocenters. The third-order valence-electron chi connectivity index (χ3n) is 2.68. The van der Waals surface area contributed by atoms with E-state index < -0.39 is 10.0 Å². The number of nitrogens with zero attached hydrogens (tertiary/aromatic N) is 2. The van der Waals surface area contributed by atoms with Crippen LogP contribution in [-0.4, -0.2) is 17.6 Å². The molecule has 0 aliphatic rings. The highest BCUT2D eigenvalue weighted by Crippen LogP contribution is 2.19. The summed E-state index contributed by atoms with van der Waals surface area (Å²) >= 11 is 0. The molecule has 0 saturated heterocycles. The van der Waals surface area contributed by atoms with Gasteiger partial charge < -0.3 is 5.73 Å². The maximum Gasteiger partial charge on any atom is 0.283 e. The van der Waals surface area contributed by atoms with Crippen LogP contribution in [0.2, 0.25) is 0 Å². The molecule has 0 aliphatic heterocycles. The van der Waals surface area contributed by atoms with E-state index in [1.54, 1.807) is 12.1 Å². The Hall–Kier alpha value is -1.82. The van der Waals surface area contributed by atoms with Gasteiger partial charge in [-0.2, -0.15) is 12.5 Å². The molecule has 0 fully saturated rings. The summed E-state index contributed by atoms with van der Waals surface area (Å²) in [5, 5.41) is 3.72. The van der Waals surface area contributed by atoms with Gasteiger partial charge in [0.2, 0.25) is 0 Å². The van der Waals surface area contributed by atoms with Gasteiger partial charge in [0.05, 0.1) is 4.90 Å². The van der Waals surface area contributed by atoms with Crippen LogP contribution in [0.25, 0.3) is 0 Å². The molecule has 0 amide bonds. The second-order valence-electron chi connectivity index (χ2n) is 4.34. The molecule has 0 unspecified atom stereocenters. The lowest BCUT2D eigenvalue weighted by Gasteiger charge is -2.07. The predicted octanol–water partition coefficient (Wildman–Crippen LogP) is 1.83. The number of benzene rings is 1. The van der Waals surface area contributed by atoms with Gasteiger partial charge in [0.25, 0.3) is 10.0 Å². The molecule has 0 radical (unpaired) electrons. The third kappa shape index (κ3) is 2.24. The predicted molar refractivity (Wildman–Crippen MR) is 69.8 cm³/mol. The van der Waals surface area contributed by atoms with Gasteiger partial charge in [-0.05, 0) is 23.6 Å². The average Bonchev–Trinajstić information content (AvgIpc) is 2.76. The SMILES string of the molecule is CC(C)c1ccc(S(=O)(=O)n2ccc(N)n2)cc1. The van der Waals surface area contributed by atoms with Crippen LogP contribution in [0.4, 0.5) is 5.82 Å². The smallest absolute Gasteiger partial charge is 0.283 e. The third-order valence-corrected chi connectivity index (χ3v) is 4.24. The second kappa shape index (κ2) is 4.45. The van der Waals surface area contributed by atoms with Crippen LogP contribution in [0, 0.1) is 0 Å². The van der Waals surface area contributed by atoms with Crippen molar-refractivity contribution in [2.24, 2.45) is 0 Å². The molecule has 6 heteroatoms. The average molecular weight is 265 g/mol. The Balaban J connectivity index is 2.42. The van der Waals surface area contributed by atoms with E-state index in [0.29, 0.717) is 5.92 Å². The molecular formula is C12H15N3O2S. The number of rotatable bonds is 3. The van der Waals surface area contributed by atoms with Gasteiger partial charge >= 0.3 is 0 Å². The standard InChI is InChI=1S/C12H15N3O2S/c1-9(2)10-3-5-11(6-4-10)18(16,17)15-8-7-12(13)14-15/h3-9H,1-2H3,(H2,13,14). The van der Waals surface area contributed by atoms with Gasteiger partial charge in [0, 0.05) is 12.3 Å². The Morgan fingerprint density at radius 1 is 1.17 bits per heavy atom. The lowest BCUT2D eigenvalue weighted by molar-refractivity contribution is 0.580. The Morgan fingerprint density at radius 3 is 2.22 bits per heavy atom. The number of hydrogen-bond donors (Lipinski definition) is 1. The summed E-state index contributed by atoms with van der Waals surface area (Å²) in [6.07, 6.45) is 1.33. The number of hydrogen-bond acceptors (Lipinski definition) is 4. The summed E-state index contributed by atoms with van der Waals surface area (Å²) < 4.78 is 25.2. The Kier molecular flexibility index (Phi) is 3.13. The lowest BCUT2D eigenvalue weighted by Crippen LogP contribution is -2.14. The summed E-state index contributed by atoms with van der Waals surface area (Å²) in [7, 11) is -3.64. The highest BCUT2D eigenvalue weighted by Gasteiger charge is 2.17.